The smallest absolute Gasteiger partial charge is 0.251 e. The second-order valence-corrected chi connectivity index (χ2v) is 6.15. The van der Waals surface area contributed by atoms with Crippen molar-refractivity contribution in [2.24, 2.45) is 0 Å². The van der Waals surface area contributed by atoms with Crippen molar-refractivity contribution in [2.45, 2.75) is 0 Å². The third kappa shape index (κ3) is 3.40. The van der Waals surface area contributed by atoms with E-state index in [-0.39, 0.29) is 32.0 Å². The summed E-state index contributed by atoms with van der Waals surface area (Å²) in [5.41, 5.74) is 10.1. The molecular weight excluding hydrogens is 356 g/mol. The molecule has 0 fully saturated rings. The van der Waals surface area contributed by atoms with Crippen molar-refractivity contribution in [2.75, 3.05) is 18.9 Å². The molecule has 8 heteroatoms. The van der Waals surface area contributed by atoms with Crippen LogP contribution in [0.1, 0.15) is 17.5 Å². The number of imidazole rings is 1. The molecular formula is C20H28N6O2. The average molecular weight is 384 g/mol. The van der Waals surface area contributed by atoms with Gasteiger partial charge in [0, 0.05) is 24.8 Å². The molecule has 5 N–H and O–H groups in total. The van der Waals surface area contributed by atoms with Crippen molar-refractivity contribution < 1.29 is 17.0 Å². The number of nitrogens with one attached hydrogen (secondary N) is 2. The highest BCUT2D eigenvalue weighted by molar-refractivity contribution is 5.94. The number of aliphatic hydroxyl groups is 1. The third-order valence-corrected chi connectivity index (χ3v) is 4.25. The number of nitrogens with zero attached hydrogens (tertiary/aromatic N) is 3. The quantitative estimate of drug-likeness (QED) is 0.418. The SMILES string of the molecule is Nc1ncc(-c2ccc(C(=O)NCCO)cc2)nc1-c1nc2ccccc2[nH]1.[HH].[HH].[HH].[HH].[HH]. The summed E-state index contributed by atoms with van der Waals surface area (Å²) in [7, 11) is 0. The van der Waals surface area contributed by atoms with Gasteiger partial charge in [0.1, 0.15) is 5.69 Å². The second-order valence-electron chi connectivity index (χ2n) is 6.15. The molecule has 0 saturated heterocycles. The summed E-state index contributed by atoms with van der Waals surface area (Å²) < 4.78 is 0. The van der Waals surface area contributed by atoms with Gasteiger partial charge >= 0.3 is 0 Å². The Bertz CT molecular complexity index is 1120. The zero-order valence-electron chi connectivity index (χ0n) is 14.9. The highest BCUT2D eigenvalue weighted by Gasteiger charge is 2.13. The Morgan fingerprint density at radius 1 is 1.14 bits per heavy atom. The molecule has 2 aromatic carbocycles. The third-order valence-electron chi connectivity index (χ3n) is 4.25. The number of rotatable bonds is 5. The van der Waals surface area contributed by atoms with Gasteiger partial charge in [-0.15, -0.1) is 0 Å². The van der Waals surface area contributed by atoms with E-state index >= 15 is 0 Å². The molecule has 2 aromatic heterocycles. The number of H-pyrrole nitrogens is 1. The van der Waals surface area contributed by atoms with Crippen LogP contribution in [0.3, 0.4) is 0 Å². The number of carbonyl (C=O) groups excluding carboxylic acids is 1. The number of anilines is 1. The van der Waals surface area contributed by atoms with Gasteiger partial charge in [-0.1, -0.05) is 24.3 Å². The predicted octanol–water partition coefficient (Wildman–Crippen LogP) is 3.22. The van der Waals surface area contributed by atoms with Gasteiger partial charge in [-0.2, -0.15) is 0 Å². The molecule has 0 aliphatic rings. The standard InChI is InChI=1S/C20H18N6O2.5H2/c21-18-17(19-25-14-3-1-2-4-15(14)26-19)24-16(11-23-18)12-5-7-13(8-6-12)20(28)22-9-10-27;;;;;/h1-8,11,27H,9-10H2,(H2,21,23)(H,22,28)(H,25,26);5*1H. The summed E-state index contributed by atoms with van der Waals surface area (Å²) in [6, 6.07) is 14.6. The zero-order valence-corrected chi connectivity index (χ0v) is 14.9. The van der Waals surface area contributed by atoms with Crippen LogP contribution in [0, 0.1) is 0 Å². The molecule has 2 heterocycles. The number of nitrogens with two attached hydrogens (primary N) is 1. The summed E-state index contributed by atoms with van der Waals surface area (Å²) in [5.74, 6) is 0.586. The van der Waals surface area contributed by atoms with E-state index in [1.165, 1.54) is 0 Å². The molecule has 0 radical (unpaired) electrons. The fraction of sp³-hybridized carbons (Fsp3) is 0.100. The molecule has 1 amide bonds. The van der Waals surface area contributed by atoms with E-state index in [4.69, 9.17) is 10.8 Å². The minimum atomic E-state index is -0.244. The van der Waals surface area contributed by atoms with Crippen LogP contribution < -0.4 is 11.1 Å². The minimum absolute atomic E-state index is 0. The maximum atomic E-state index is 11.9. The fourth-order valence-electron chi connectivity index (χ4n) is 2.84. The average Bonchev–Trinajstić information content (AvgIpc) is 3.16. The highest BCUT2D eigenvalue weighted by atomic mass is 16.3. The number of nitrogen functional groups attached to an aromatic ring is 1. The van der Waals surface area contributed by atoms with Crippen molar-refractivity contribution in [3.63, 3.8) is 0 Å². The molecule has 4 rings (SSSR count). The van der Waals surface area contributed by atoms with Crippen molar-refractivity contribution in [1.29, 1.82) is 0 Å². The number of hydrogen-bond donors (Lipinski definition) is 4. The monoisotopic (exact) mass is 384 g/mol. The Kier molecular flexibility index (Phi) is 4.69. The molecule has 150 valence electrons. The molecule has 0 aliphatic carbocycles. The zero-order chi connectivity index (χ0) is 19.5. The lowest BCUT2D eigenvalue weighted by atomic mass is 10.1. The molecule has 0 aliphatic heterocycles. The number of amides is 1. The predicted molar refractivity (Wildman–Crippen MR) is 117 cm³/mol. The lowest BCUT2D eigenvalue weighted by molar-refractivity contribution is 0.0945. The first-order chi connectivity index (χ1) is 13.7. The van der Waals surface area contributed by atoms with Gasteiger partial charge in [0.25, 0.3) is 5.91 Å². The van der Waals surface area contributed by atoms with Gasteiger partial charge in [-0.05, 0) is 24.3 Å². The maximum Gasteiger partial charge on any atom is 0.251 e. The van der Waals surface area contributed by atoms with Gasteiger partial charge in [-0.3, -0.25) is 4.79 Å². The van der Waals surface area contributed by atoms with Crippen LogP contribution in [0.5, 0.6) is 0 Å². The van der Waals surface area contributed by atoms with Crippen LogP contribution in [0.4, 0.5) is 5.82 Å². The fourth-order valence-corrected chi connectivity index (χ4v) is 2.84. The molecule has 0 bridgehead atoms. The van der Waals surface area contributed by atoms with E-state index in [2.05, 4.69) is 25.3 Å². The van der Waals surface area contributed by atoms with E-state index in [1.54, 1.807) is 30.5 Å². The Balaban J connectivity index is 0. The Morgan fingerprint density at radius 2 is 1.93 bits per heavy atom. The van der Waals surface area contributed by atoms with E-state index in [0.717, 1.165) is 16.6 Å². The number of fused-ring (bicyclic) bond motifs is 1. The van der Waals surface area contributed by atoms with E-state index in [1.807, 2.05) is 24.3 Å². The van der Waals surface area contributed by atoms with Crippen molar-refractivity contribution >= 4 is 22.8 Å². The lowest BCUT2D eigenvalue weighted by Gasteiger charge is -2.07. The van der Waals surface area contributed by atoms with Crippen LogP contribution in [0.15, 0.2) is 54.7 Å². The van der Waals surface area contributed by atoms with Crippen LogP contribution in [-0.2, 0) is 0 Å². The van der Waals surface area contributed by atoms with E-state index in [9.17, 15) is 4.79 Å². The molecule has 0 atom stereocenters. The molecule has 28 heavy (non-hydrogen) atoms. The number of aromatic amines is 1. The number of benzene rings is 2. The Hall–Kier alpha value is -3.78. The summed E-state index contributed by atoms with van der Waals surface area (Å²) in [4.78, 5) is 28.5. The maximum absolute atomic E-state index is 11.9. The molecule has 0 saturated carbocycles. The normalized spacial score (nSPS) is 10.9. The number of aromatic nitrogens is 4. The first kappa shape index (κ1) is 17.6. The first-order valence-electron chi connectivity index (χ1n) is 8.73. The molecule has 0 unspecified atom stereocenters. The molecule has 4 aromatic rings. The van der Waals surface area contributed by atoms with Crippen LogP contribution >= 0.6 is 0 Å². The van der Waals surface area contributed by atoms with Crippen LogP contribution in [0.2, 0.25) is 0 Å². The number of para-hydroxylation sites is 2. The number of aliphatic hydroxyl groups excluding tert-OH is 1. The first-order valence-corrected chi connectivity index (χ1v) is 8.73. The minimum Gasteiger partial charge on any atom is -0.395 e. The highest BCUT2D eigenvalue weighted by Crippen LogP contribution is 2.26. The van der Waals surface area contributed by atoms with Gasteiger partial charge in [-0.25, -0.2) is 15.0 Å². The Morgan fingerprint density at radius 3 is 2.68 bits per heavy atom. The summed E-state index contributed by atoms with van der Waals surface area (Å²) in [6.45, 7) is 0.111. The van der Waals surface area contributed by atoms with Crippen LogP contribution in [-0.4, -0.2) is 44.1 Å². The topological polar surface area (TPSA) is 130 Å². The van der Waals surface area contributed by atoms with Crippen LogP contribution in [0.25, 0.3) is 33.8 Å². The van der Waals surface area contributed by atoms with E-state index < -0.39 is 0 Å². The molecule has 8 nitrogen and oxygen atoms in total. The Labute approximate surface area is 167 Å². The largest absolute Gasteiger partial charge is 0.395 e. The lowest BCUT2D eigenvalue weighted by Crippen LogP contribution is -2.26. The summed E-state index contributed by atoms with van der Waals surface area (Å²) >= 11 is 0. The number of carbonyl (C=O) groups is 1. The molecule has 0 spiro atoms. The van der Waals surface area contributed by atoms with Gasteiger partial charge in [0.2, 0.25) is 0 Å². The van der Waals surface area contributed by atoms with Gasteiger partial charge < -0.3 is 21.1 Å². The van der Waals surface area contributed by atoms with Crippen molar-refractivity contribution in [3.8, 4) is 22.8 Å². The van der Waals surface area contributed by atoms with Gasteiger partial charge in [0.05, 0.1) is 29.5 Å². The summed E-state index contributed by atoms with van der Waals surface area (Å²) in [6.07, 6.45) is 1.59. The number of hydrogen-bond acceptors (Lipinski definition) is 6. The van der Waals surface area contributed by atoms with Crippen molar-refractivity contribution in [3.05, 3.63) is 60.3 Å². The summed E-state index contributed by atoms with van der Waals surface area (Å²) in [5, 5.41) is 11.4. The van der Waals surface area contributed by atoms with Crippen molar-refractivity contribution in [1.82, 2.24) is 25.3 Å². The van der Waals surface area contributed by atoms with Gasteiger partial charge in [0.15, 0.2) is 11.6 Å². The second kappa shape index (κ2) is 7.45. The van der Waals surface area contributed by atoms with E-state index in [0.29, 0.717) is 22.8 Å².